The Labute approximate surface area is 123 Å². The summed E-state index contributed by atoms with van der Waals surface area (Å²) in [5, 5.41) is 6.34. The fraction of sp³-hybridized carbons (Fsp3) is 0.118. The molecule has 0 fully saturated rings. The molecule has 1 amide bonds. The molecule has 2 aromatic rings. The maximum absolute atomic E-state index is 11.8. The number of amides is 1. The number of anilines is 2. The molecular weight excluding hydrogens is 262 g/mol. The standard InChI is InChI=1S/C17H17N3O/c1-19-12-8-6-11(7-9-12)16-13-4-2-3-5-15(13)20-10-14(16)17(18)21/h2-9,19-20H,10H2,1H3,(H2,18,21). The molecular formula is C17H17N3O. The zero-order chi connectivity index (χ0) is 14.8. The van der Waals surface area contributed by atoms with E-state index >= 15 is 0 Å². The van der Waals surface area contributed by atoms with Crippen molar-refractivity contribution in [1.29, 1.82) is 0 Å². The second-order valence-electron chi connectivity index (χ2n) is 4.94. The number of hydrogen-bond acceptors (Lipinski definition) is 3. The first-order chi connectivity index (χ1) is 10.2. The highest BCUT2D eigenvalue weighted by Gasteiger charge is 2.22. The van der Waals surface area contributed by atoms with Crippen LogP contribution in [0.2, 0.25) is 0 Å². The Balaban J connectivity index is 2.19. The van der Waals surface area contributed by atoms with Gasteiger partial charge in [0.15, 0.2) is 0 Å². The average molecular weight is 279 g/mol. The topological polar surface area (TPSA) is 67.1 Å². The van der Waals surface area contributed by atoms with Crippen molar-refractivity contribution in [3.63, 3.8) is 0 Å². The molecule has 1 heterocycles. The molecule has 0 bridgehead atoms. The van der Waals surface area contributed by atoms with Gasteiger partial charge in [-0.15, -0.1) is 0 Å². The number of nitrogens with one attached hydrogen (secondary N) is 2. The Morgan fingerprint density at radius 2 is 1.86 bits per heavy atom. The van der Waals surface area contributed by atoms with Gasteiger partial charge in [0.1, 0.15) is 0 Å². The van der Waals surface area contributed by atoms with Crippen molar-refractivity contribution in [2.24, 2.45) is 5.73 Å². The molecule has 4 heteroatoms. The lowest BCUT2D eigenvalue weighted by atomic mass is 9.89. The first-order valence-corrected chi connectivity index (χ1v) is 6.85. The van der Waals surface area contributed by atoms with Gasteiger partial charge in [-0.2, -0.15) is 0 Å². The molecule has 0 unspecified atom stereocenters. The number of carbonyl (C=O) groups is 1. The van der Waals surface area contributed by atoms with Crippen LogP contribution >= 0.6 is 0 Å². The molecule has 1 aliphatic heterocycles. The van der Waals surface area contributed by atoms with E-state index in [0.29, 0.717) is 12.1 Å². The lowest BCUT2D eigenvalue weighted by Gasteiger charge is -2.24. The minimum Gasteiger partial charge on any atom is -0.388 e. The normalized spacial score (nSPS) is 13.4. The van der Waals surface area contributed by atoms with Crippen LogP contribution in [0.15, 0.2) is 54.1 Å². The van der Waals surface area contributed by atoms with Gasteiger partial charge in [0.05, 0.1) is 0 Å². The molecule has 1 aliphatic rings. The van der Waals surface area contributed by atoms with Crippen LogP contribution in [0.4, 0.5) is 11.4 Å². The molecule has 0 saturated carbocycles. The number of fused-ring (bicyclic) bond motifs is 1. The fourth-order valence-electron chi connectivity index (χ4n) is 2.63. The van der Waals surface area contributed by atoms with E-state index in [2.05, 4.69) is 10.6 Å². The quantitative estimate of drug-likeness (QED) is 0.808. The van der Waals surface area contributed by atoms with E-state index in [1.807, 2.05) is 55.6 Å². The number of hydrogen-bond donors (Lipinski definition) is 3. The van der Waals surface area contributed by atoms with Gasteiger partial charge < -0.3 is 16.4 Å². The molecule has 0 aliphatic carbocycles. The second-order valence-corrected chi connectivity index (χ2v) is 4.94. The SMILES string of the molecule is CNc1ccc(C2=C(C(N)=O)CNc3ccccc32)cc1. The molecule has 4 nitrogen and oxygen atoms in total. The highest BCUT2D eigenvalue weighted by Crippen LogP contribution is 2.35. The Morgan fingerprint density at radius 3 is 2.52 bits per heavy atom. The van der Waals surface area contributed by atoms with Gasteiger partial charge >= 0.3 is 0 Å². The second kappa shape index (κ2) is 5.32. The fourth-order valence-corrected chi connectivity index (χ4v) is 2.63. The number of para-hydroxylation sites is 1. The molecule has 0 spiro atoms. The maximum Gasteiger partial charge on any atom is 0.247 e. The van der Waals surface area contributed by atoms with Crippen molar-refractivity contribution in [3.05, 3.63) is 65.2 Å². The van der Waals surface area contributed by atoms with Crippen LogP contribution in [0.5, 0.6) is 0 Å². The third-order valence-corrected chi connectivity index (χ3v) is 3.71. The minimum atomic E-state index is -0.385. The molecule has 4 N–H and O–H groups in total. The number of carbonyl (C=O) groups excluding carboxylic acids is 1. The van der Waals surface area contributed by atoms with Gasteiger partial charge in [0.25, 0.3) is 0 Å². The van der Waals surface area contributed by atoms with Gasteiger partial charge in [0.2, 0.25) is 5.91 Å². The van der Waals surface area contributed by atoms with Crippen molar-refractivity contribution in [1.82, 2.24) is 0 Å². The Kier molecular flexibility index (Phi) is 3.36. The van der Waals surface area contributed by atoms with Crippen LogP contribution < -0.4 is 16.4 Å². The first-order valence-electron chi connectivity index (χ1n) is 6.85. The predicted octanol–water partition coefficient (Wildman–Crippen LogP) is 2.44. The summed E-state index contributed by atoms with van der Waals surface area (Å²) in [6, 6.07) is 16.0. The first kappa shape index (κ1) is 13.2. The smallest absolute Gasteiger partial charge is 0.247 e. The van der Waals surface area contributed by atoms with E-state index in [1.54, 1.807) is 0 Å². The average Bonchev–Trinajstić information content (AvgIpc) is 2.53. The summed E-state index contributed by atoms with van der Waals surface area (Å²) in [5.41, 5.74) is 11.2. The van der Waals surface area contributed by atoms with Crippen LogP contribution in [-0.4, -0.2) is 19.5 Å². The summed E-state index contributed by atoms with van der Waals surface area (Å²) in [6.45, 7) is 0.454. The van der Waals surface area contributed by atoms with Crippen LogP contribution in [0.3, 0.4) is 0 Å². The Morgan fingerprint density at radius 1 is 1.14 bits per heavy atom. The molecule has 0 atom stereocenters. The number of benzene rings is 2. The zero-order valence-electron chi connectivity index (χ0n) is 11.8. The monoisotopic (exact) mass is 279 g/mol. The summed E-state index contributed by atoms with van der Waals surface area (Å²) in [6.07, 6.45) is 0. The highest BCUT2D eigenvalue weighted by atomic mass is 16.1. The minimum absolute atomic E-state index is 0.385. The molecule has 0 saturated heterocycles. The van der Waals surface area contributed by atoms with E-state index in [1.165, 1.54) is 0 Å². The van der Waals surface area contributed by atoms with E-state index in [9.17, 15) is 4.79 Å². The molecule has 0 radical (unpaired) electrons. The van der Waals surface area contributed by atoms with Crippen molar-refractivity contribution in [3.8, 4) is 0 Å². The van der Waals surface area contributed by atoms with Crippen molar-refractivity contribution in [2.45, 2.75) is 0 Å². The Hall–Kier alpha value is -2.75. The lowest BCUT2D eigenvalue weighted by molar-refractivity contribution is -0.114. The molecule has 21 heavy (non-hydrogen) atoms. The summed E-state index contributed by atoms with van der Waals surface area (Å²) >= 11 is 0. The maximum atomic E-state index is 11.8. The summed E-state index contributed by atoms with van der Waals surface area (Å²) in [4.78, 5) is 11.8. The molecule has 106 valence electrons. The molecule has 2 aromatic carbocycles. The number of rotatable bonds is 3. The summed E-state index contributed by atoms with van der Waals surface area (Å²) < 4.78 is 0. The van der Waals surface area contributed by atoms with Crippen LogP contribution in [-0.2, 0) is 4.79 Å². The van der Waals surface area contributed by atoms with E-state index in [0.717, 1.165) is 28.1 Å². The third kappa shape index (κ3) is 2.36. The molecule has 3 rings (SSSR count). The van der Waals surface area contributed by atoms with Crippen molar-refractivity contribution in [2.75, 3.05) is 24.2 Å². The van der Waals surface area contributed by atoms with Crippen LogP contribution in [0, 0.1) is 0 Å². The lowest BCUT2D eigenvalue weighted by Crippen LogP contribution is -2.25. The van der Waals surface area contributed by atoms with Gasteiger partial charge in [-0.1, -0.05) is 30.3 Å². The van der Waals surface area contributed by atoms with E-state index < -0.39 is 0 Å². The summed E-state index contributed by atoms with van der Waals surface area (Å²) in [7, 11) is 1.88. The zero-order valence-corrected chi connectivity index (χ0v) is 11.8. The van der Waals surface area contributed by atoms with Gasteiger partial charge in [-0.3, -0.25) is 4.79 Å². The summed E-state index contributed by atoms with van der Waals surface area (Å²) in [5.74, 6) is -0.385. The number of primary amides is 1. The third-order valence-electron chi connectivity index (χ3n) is 3.71. The van der Waals surface area contributed by atoms with Crippen molar-refractivity contribution >= 4 is 22.9 Å². The largest absolute Gasteiger partial charge is 0.388 e. The van der Waals surface area contributed by atoms with Crippen LogP contribution in [0.1, 0.15) is 11.1 Å². The number of nitrogens with two attached hydrogens (primary N) is 1. The highest BCUT2D eigenvalue weighted by molar-refractivity contribution is 6.07. The van der Waals surface area contributed by atoms with E-state index in [-0.39, 0.29) is 5.91 Å². The van der Waals surface area contributed by atoms with Gasteiger partial charge in [-0.25, -0.2) is 0 Å². The van der Waals surface area contributed by atoms with Gasteiger partial charge in [0, 0.05) is 41.7 Å². The predicted molar refractivity (Wildman–Crippen MR) is 86.1 cm³/mol. The van der Waals surface area contributed by atoms with Crippen LogP contribution in [0.25, 0.3) is 5.57 Å². The van der Waals surface area contributed by atoms with Crippen molar-refractivity contribution < 1.29 is 4.79 Å². The Bertz CT molecular complexity index is 717. The molecule has 0 aromatic heterocycles. The van der Waals surface area contributed by atoms with E-state index in [4.69, 9.17) is 5.73 Å². The van der Waals surface area contributed by atoms with Gasteiger partial charge in [-0.05, 0) is 23.8 Å².